The van der Waals surface area contributed by atoms with Gasteiger partial charge in [0.05, 0.1) is 12.8 Å². The topological polar surface area (TPSA) is 82.5 Å². The van der Waals surface area contributed by atoms with Gasteiger partial charge in [-0.3, -0.25) is 4.79 Å². The fourth-order valence-electron chi connectivity index (χ4n) is 2.93. The highest BCUT2D eigenvalue weighted by molar-refractivity contribution is 5.97. The molecule has 0 bridgehead atoms. The lowest BCUT2D eigenvalue weighted by Gasteiger charge is -2.12. The van der Waals surface area contributed by atoms with Crippen molar-refractivity contribution in [3.8, 4) is 22.7 Å². The molecule has 0 aliphatic carbocycles. The molecule has 1 heterocycles. The quantitative estimate of drug-likeness (QED) is 0.445. The van der Waals surface area contributed by atoms with Crippen LogP contribution in [0.25, 0.3) is 16.9 Å². The average Bonchev–Trinajstić information content (AvgIpc) is 3.23. The predicted molar refractivity (Wildman–Crippen MR) is 118 cm³/mol. The minimum Gasteiger partial charge on any atom is -0.497 e. The highest BCUT2D eigenvalue weighted by atomic mass is 16.5. The second-order valence-corrected chi connectivity index (χ2v) is 6.98. The Morgan fingerprint density at radius 3 is 2.65 bits per heavy atom. The van der Waals surface area contributed by atoms with Gasteiger partial charge in [-0.05, 0) is 38.1 Å². The largest absolute Gasteiger partial charge is 0.497 e. The van der Waals surface area contributed by atoms with Crippen molar-refractivity contribution in [2.45, 2.75) is 20.0 Å². The van der Waals surface area contributed by atoms with Crippen LogP contribution in [0.1, 0.15) is 22.8 Å². The number of carbonyl (C=O) groups is 2. The van der Waals surface area contributed by atoms with Crippen molar-refractivity contribution in [3.63, 3.8) is 0 Å². The maximum atomic E-state index is 13.0. The molecule has 0 saturated heterocycles. The molecule has 0 fully saturated rings. The number of hydrogen-bond donors (Lipinski definition) is 1. The Labute approximate surface area is 181 Å². The first-order valence-corrected chi connectivity index (χ1v) is 9.83. The van der Waals surface area contributed by atoms with E-state index in [1.807, 2.05) is 49.4 Å². The average molecular weight is 419 g/mol. The van der Waals surface area contributed by atoms with Gasteiger partial charge in [0.15, 0.2) is 6.10 Å². The lowest BCUT2D eigenvalue weighted by Crippen LogP contribution is -2.35. The minimum atomic E-state index is -0.965. The maximum absolute atomic E-state index is 13.0. The summed E-state index contributed by atoms with van der Waals surface area (Å²) in [7, 11) is 1.57. The first-order valence-electron chi connectivity index (χ1n) is 9.83. The molecule has 0 unspecified atom stereocenters. The summed E-state index contributed by atoms with van der Waals surface area (Å²) in [5.41, 5.74) is 3.29. The van der Waals surface area contributed by atoms with E-state index in [4.69, 9.17) is 9.47 Å². The summed E-state index contributed by atoms with van der Waals surface area (Å²) < 4.78 is 12.3. The van der Waals surface area contributed by atoms with Gasteiger partial charge in [0.2, 0.25) is 0 Å². The Morgan fingerprint density at radius 1 is 1.23 bits per heavy atom. The number of esters is 1. The zero-order chi connectivity index (χ0) is 22.4. The molecule has 1 amide bonds. The molecule has 1 atom stereocenters. The Bertz CT molecular complexity index is 1090. The van der Waals surface area contributed by atoms with Gasteiger partial charge in [0, 0.05) is 18.3 Å². The molecule has 0 saturated carbocycles. The summed E-state index contributed by atoms with van der Waals surface area (Å²) >= 11 is 0. The standard InChI is InChI=1S/C24H25N3O4/c1-5-13-25-23(28)17(3)31-24(29)21-15-27(19-11-9-16(2)10-12-19)26-22(21)18-7-6-8-20(14-18)30-4/h5-12,14-15,17H,1,13H2,2-4H3,(H,25,28)/t17-/m0/s1. The van der Waals surface area contributed by atoms with E-state index in [0.717, 1.165) is 11.3 Å². The van der Waals surface area contributed by atoms with Crippen LogP contribution in [0.4, 0.5) is 0 Å². The number of benzene rings is 2. The molecule has 31 heavy (non-hydrogen) atoms. The van der Waals surface area contributed by atoms with Crippen LogP contribution in [-0.4, -0.2) is 41.4 Å². The molecular weight excluding hydrogens is 394 g/mol. The van der Waals surface area contributed by atoms with E-state index in [-0.39, 0.29) is 5.56 Å². The van der Waals surface area contributed by atoms with Crippen LogP contribution in [-0.2, 0) is 9.53 Å². The third kappa shape index (κ3) is 5.19. The Morgan fingerprint density at radius 2 is 1.97 bits per heavy atom. The number of methoxy groups -OCH3 is 1. The second-order valence-electron chi connectivity index (χ2n) is 6.98. The first kappa shape index (κ1) is 21.8. The number of nitrogens with one attached hydrogen (secondary N) is 1. The van der Waals surface area contributed by atoms with Crippen molar-refractivity contribution in [3.05, 3.63) is 78.5 Å². The van der Waals surface area contributed by atoms with Gasteiger partial charge in [-0.15, -0.1) is 6.58 Å². The molecule has 0 aliphatic rings. The van der Waals surface area contributed by atoms with Crippen LogP contribution in [0.2, 0.25) is 0 Å². The van der Waals surface area contributed by atoms with Crippen LogP contribution < -0.4 is 10.1 Å². The molecular formula is C24H25N3O4. The molecule has 7 heteroatoms. The fraction of sp³-hybridized carbons (Fsp3) is 0.208. The number of hydrogen-bond acceptors (Lipinski definition) is 5. The van der Waals surface area contributed by atoms with Gasteiger partial charge in [0.1, 0.15) is 17.0 Å². The summed E-state index contributed by atoms with van der Waals surface area (Å²) in [5.74, 6) is -0.404. The van der Waals surface area contributed by atoms with Crippen molar-refractivity contribution in [2.75, 3.05) is 13.7 Å². The number of carbonyl (C=O) groups excluding carboxylic acids is 2. The summed E-state index contributed by atoms with van der Waals surface area (Å²) in [6.07, 6.45) is 2.20. The predicted octanol–water partition coefficient (Wildman–Crippen LogP) is 3.70. The van der Waals surface area contributed by atoms with Gasteiger partial charge >= 0.3 is 5.97 Å². The zero-order valence-corrected chi connectivity index (χ0v) is 17.8. The first-order chi connectivity index (χ1) is 14.9. The molecule has 1 N–H and O–H groups in total. The second kappa shape index (κ2) is 9.75. The van der Waals surface area contributed by atoms with Gasteiger partial charge in [-0.2, -0.15) is 5.10 Å². The lowest BCUT2D eigenvalue weighted by molar-refractivity contribution is -0.128. The number of rotatable bonds is 8. The number of amides is 1. The molecule has 1 aromatic heterocycles. The van der Waals surface area contributed by atoms with Crippen LogP contribution >= 0.6 is 0 Å². The van der Waals surface area contributed by atoms with Crippen LogP contribution in [0.15, 0.2) is 67.4 Å². The highest BCUT2D eigenvalue weighted by Crippen LogP contribution is 2.27. The summed E-state index contributed by atoms with van der Waals surface area (Å²) in [5, 5.41) is 7.24. The lowest BCUT2D eigenvalue weighted by atomic mass is 10.1. The van der Waals surface area contributed by atoms with Crippen LogP contribution in [0.3, 0.4) is 0 Å². The minimum absolute atomic E-state index is 0.247. The van der Waals surface area contributed by atoms with Crippen molar-refractivity contribution in [1.82, 2.24) is 15.1 Å². The summed E-state index contributed by atoms with van der Waals surface area (Å²) in [6.45, 7) is 7.36. The smallest absolute Gasteiger partial charge is 0.342 e. The molecule has 0 aliphatic heterocycles. The SMILES string of the molecule is C=CCNC(=O)[C@H](C)OC(=O)c1cn(-c2ccc(C)cc2)nc1-c1cccc(OC)c1. The van der Waals surface area contributed by atoms with Crippen molar-refractivity contribution < 1.29 is 19.1 Å². The summed E-state index contributed by atoms with van der Waals surface area (Å²) in [4.78, 5) is 25.1. The van der Waals surface area contributed by atoms with Crippen molar-refractivity contribution in [2.24, 2.45) is 0 Å². The number of aromatic nitrogens is 2. The molecule has 0 spiro atoms. The Kier molecular flexibility index (Phi) is 6.87. The van der Waals surface area contributed by atoms with Gasteiger partial charge < -0.3 is 14.8 Å². The normalized spacial score (nSPS) is 11.5. The number of aryl methyl sites for hydroxylation is 1. The monoisotopic (exact) mass is 419 g/mol. The van der Waals surface area contributed by atoms with Crippen molar-refractivity contribution in [1.29, 1.82) is 0 Å². The van der Waals surface area contributed by atoms with E-state index >= 15 is 0 Å². The van der Waals surface area contributed by atoms with E-state index in [1.54, 1.807) is 30.1 Å². The zero-order valence-electron chi connectivity index (χ0n) is 17.8. The molecule has 160 valence electrons. The molecule has 7 nitrogen and oxygen atoms in total. The Balaban J connectivity index is 1.98. The summed E-state index contributed by atoms with van der Waals surface area (Å²) in [6, 6.07) is 15.0. The molecule has 0 radical (unpaired) electrons. The van der Waals surface area contributed by atoms with E-state index in [9.17, 15) is 9.59 Å². The van der Waals surface area contributed by atoms with Gasteiger partial charge in [0.25, 0.3) is 5.91 Å². The fourth-order valence-corrected chi connectivity index (χ4v) is 2.93. The molecule has 2 aromatic carbocycles. The maximum Gasteiger partial charge on any atom is 0.342 e. The highest BCUT2D eigenvalue weighted by Gasteiger charge is 2.24. The third-order valence-corrected chi connectivity index (χ3v) is 4.65. The van der Waals surface area contributed by atoms with Crippen molar-refractivity contribution >= 4 is 11.9 Å². The van der Waals surface area contributed by atoms with E-state index in [2.05, 4.69) is 17.0 Å². The Hall–Kier alpha value is -3.87. The third-order valence-electron chi connectivity index (χ3n) is 4.65. The van der Waals surface area contributed by atoms with Gasteiger partial charge in [-0.1, -0.05) is 35.9 Å². The van der Waals surface area contributed by atoms with E-state index < -0.39 is 18.0 Å². The number of ether oxygens (including phenoxy) is 2. The number of nitrogens with zero attached hydrogens (tertiary/aromatic N) is 2. The van der Waals surface area contributed by atoms with E-state index in [1.165, 1.54) is 6.92 Å². The molecule has 3 rings (SSSR count). The molecule has 3 aromatic rings. The van der Waals surface area contributed by atoms with E-state index in [0.29, 0.717) is 23.6 Å². The van der Waals surface area contributed by atoms with Crippen LogP contribution in [0.5, 0.6) is 5.75 Å². The van der Waals surface area contributed by atoms with Gasteiger partial charge in [-0.25, -0.2) is 9.48 Å². The van der Waals surface area contributed by atoms with Crippen LogP contribution in [0, 0.1) is 6.92 Å².